The first kappa shape index (κ1) is 17.1. The van der Waals surface area contributed by atoms with E-state index in [4.69, 9.17) is 9.47 Å². The van der Waals surface area contributed by atoms with Crippen LogP contribution in [0.2, 0.25) is 0 Å². The molecule has 1 unspecified atom stereocenters. The molecule has 0 saturated heterocycles. The second-order valence-electron chi connectivity index (χ2n) is 6.04. The van der Waals surface area contributed by atoms with Gasteiger partial charge in [-0.25, -0.2) is 0 Å². The Hall–Kier alpha value is -2.31. The molecule has 0 spiro atoms. The number of hydrogen-bond donors (Lipinski definition) is 0. The van der Waals surface area contributed by atoms with Crippen LogP contribution in [0.25, 0.3) is 0 Å². The van der Waals surface area contributed by atoms with Crippen molar-refractivity contribution in [1.82, 2.24) is 4.90 Å². The highest BCUT2D eigenvalue weighted by Crippen LogP contribution is 2.40. The summed E-state index contributed by atoms with van der Waals surface area (Å²) in [6.07, 6.45) is 0.897. The highest BCUT2D eigenvalue weighted by molar-refractivity contribution is 7.10. The van der Waals surface area contributed by atoms with Crippen LogP contribution >= 0.6 is 22.7 Å². The molecule has 3 aromatic rings. The number of benzene rings is 1. The van der Waals surface area contributed by atoms with Crippen LogP contribution in [0.4, 0.5) is 0 Å². The SMILES string of the molecule is COc1ccc(C(=O)N2CCc3sccc3C2c2cccs2)cc1OC. The van der Waals surface area contributed by atoms with Crippen LogP contribution in [0.1, 0.15) is 31.7 Å². The van der Waals surface area contributed by atoms with E-state index in [9.17, 15) is 4.79 Å². The lowest BCUT2D eigenvalue weighted by molar-refractivity contribution is 0.0698. The van der Waals surface area contributed by atoms with Gasteiger partial charge in [0.15, 0.2) is 11.5 Å². The van der Waals surface area contributed by atoms with Crippen LogP contribution in [0.3, 0.4) is 0 Å². The molecule has 0 radical (unpaired) electrons. The molecule has 26 heavy (non-hydrogen) atoms. The van der Waals surface area contributed by atoms with Crippen molar-refractivity contribution in [2.24, 2.45) is 0 Å². The predicted molar refractivity (Wildman–Crippen MR) is 105 cm³/mol. The summed E-state index contributed by atoms with van der Waals surface area (Å²) in [5.41, 5.74) is 1.86. The van der Waals surface area contributed by atoms with Crippen LogP contribution in [0, 0.1) is 0 Å². The molecule has 1 amide bonds. The van der Waals surface area contributed by atoms with E-state index in [-0.39, 0.29) is 11.9 Å². The van der Waals surface area contributed by atoms with Crippen LogP contribution in [-0.4, -0.2) is 31.6 Å². The molecule has 3 heterocycles. The number of fused-ring (bicyclic) bond motifs is 1. The average Bonchev–Trinajstić information content (AvgIpc) is 3.37. The van der Waals surface area contributed by atoms with E-state index in [1.165, 1.54) is 15.3 Å². The lowest BCUT2D eigenvalue weighted by atomic mass is 9.97. The molecule has 4 rings (SSSR count). The Morgan fingerprint density at radius 2 is 1.92 bits per heavy atom. The third-order valence-corrected chi connectivity index (χ3v) is 6.59. The number of amides is 1. The van der Waals surface area contributed by atoms with E-state index in [0.717, 1.165) is 6.42 Å². The zero-order valence-corrected chi connectivity index (χ0v) is 16.2. The quantitative estimate of drug-likeness (QED) is 0.658. The topological polar surface area (TPSA) is 38.8 Å². The van der Waals surface area contributed by atoms with Crippen molar-refractivity contribution < 1.29 is 14.3 Å². The van der Waals surface area contributed by atoms with E-state index in [2.05, 4.69) is 22.9 Å². The van der Waals surface area contributed by atoms with Crippen molar-refractivity contribution in [2.75, 3.05) is 20.8 Å². The van der Waals surface area contributed by atoms with E-state index in [1.54, 1.807) is 55.1 Å². The molecule has 0 bridgehead atoms. The standard InChI is InChI=1S/C20H19NO3S2/c1-23-15-6-5-13(12-16(15)24-2)20(22)21-9-7-17-14(8-11-26-17)19(21)18-4-3-10-25-18/h3-6,8,10-12,19H,7,9H2,1-2H3. The Labute approximate surface area is 160 Å². The maximum absolute atomic E-state index is 13.3. The highest BCUT2D eigenvalue weighted by atomic mass is 32.1. The van der Waals surface area contributed by atoms with Gasteiger partial charge in [0.1, 0.15) is 0 Å². The molecule has 6 heteroatoms. The second kappa shape index (κ2) is 7.13. The van der Waals surface area contributed by atoms with Crippen molar-refractivity contribution in [3.05, 3.63) is 68.0 Å². The molecule has 0 fully saturated rings. The van der Waals surface area contributed by atoms with Crippen molar-refractivity contribution in [2.45, 2.75) is 12.5 Å². The molecule has 0 aliphatic carbocycles. The molecule has 2 aromatic heterocycles. The molecule has 4 nitrogen and oxygen atoms in total. The molecule has 134 valence electrons. The van der Waals surface area contributed by atoms with E-state index < -0.39 is 0 Å². The van der Waals surface area contributed by atoms with Gasteiger partial charge >= 0.3 is 0 Å². The Bertz CT molecular complexity index is 917. The number of thiophene rings is 2. The Balaban J connectivity index is 1.73. The summed E-state index contributed by atoms with van der Waals surface area (Å²) >= 11 is 3.47. The molecule has 1 atom stereocenters. The van der Waals surface area contributed by atoms with E-state index in [1.807, 2.05) is 11.0 Å². The monoisotopic (exact) mass is 385 g/mol. The van der Waals surface area contributed by atoms with E-state index in [0.29, 0.717) is 23.6 Å². The smallest absolute Gasteiger partial charge is 0.254 e. The van der Waals surface area contributed by atoms with Crippen LogP contribution in [-0.2, 0) is 6.42 Å². The first-order valence-corrected chi connectivity index (χ1v) is 10.1. The molecular formula is C20H19NO3S2. The summed E-state index contributed by atoms with van der Waals surface area (Å²) in [6.45, 7) is 0.712. The fourth-order valence-corrected chi connectivity index (χ4v) is 5.18. The van der Waals surface area contributed by atoms with Crippen molar-refractivity contribution in [3.8, 4) is 11.5 Å². The first-order valence-electron chi connectivity index (χ1n) is 8.35. The third kappa shape index (κ3) is 2.89. The van der Waals surface area contributed by atoms with Gasteiger partial charge in [-0.1, -0.05) is 6.07 Å². The number of methoxy groups -OCH3 is 2. The summed E-state index contributed by atoms with van der Waals surface area (Å²) in [7, 11) is 3.17. The van der Waals surface area contributed by atoms with Gasteiger partial charge in [-0.05, 0) is 53.1 Å². The highest BCUT2D eigenvalue weighted by Gasteiger charge is 2.34. The maximum Gasteiger partial charge on any atom is 0.254 e. The van der Waals surface area contributed by atoms with Gasteiger partial charge in [0.2, 0.25) is 0 Å². The molecule has 1 aliphatic rings. The zero-order chi connectivity index (χ0) is 18.1. The van der Waals surface area contributed by atoms with Gasteiger partial charge in [-0.15, -0.1) is 22.7 Å². The van der Waals surface area contributed by atoms with Crippen molar-refractivity contribution in [3.63, 3.8) is 0 Å². The number of carbonyl (C=O) groups is 1. The van der Waals surface area contributed by atoms with Gasteiger partial charge in [0.25, 0.3) is 5.91 Å². The number of rotatable bonds is 4. The lowest BCUT2D eigenvalue weighted by Crippen LogP contribution is -2.39. The molecule has 0 N–H and O–H groups in total. The summed E-state index contributed by atoms with van der Waals surface area (Å²) < 4.78 is 10.7. The zero-order valence-electron chi connectivity index (χ0n) is 14.6. The van der Waals surface area contributed by atoms with Crippen LogP contribution in [0.5, 0.6) is 11.5 Å². The van der Waals surface area contributed by atoms with E-state index >= 15 is 0 Å². The minimum Gasteiger partial charge on any atom is -0.493 e. The number of ether oxygens (including phenoxy) is 2. The summed E-state index contributed by atoms with van der Waals surface area (Å²) in [6, 6.07) is 11.6. The third-order valence-electron chi connectivity index (χ3n) is 4.67. The number of hydrogen-bond acceptors (Lipinski definition) is 5. The van der Waals surface area contributed by atoms with Gasteiger partial charge in [0, 0.05) is 21.9 Å². The van der Waals surface area contributed by atoms with Crippen LogP contribution in [0.15, 0.2) is 47.2 Å². The Kier molecular flexibility index (Phi) is 4.70. The fourth-order valence-electron chi connectivity index (χ4n) is 3.42. The lowest BCUT2D eigenvalue weighted by Gasteiger charge is -2.35. The molecule has 1 aliphatic heterocycles. The van der Waals surface area contributed by atoms with Gasteiger partial charge in [0.05, 0.1) is 20.3 Å². The Morgan fingerprint density at radius 3 is 2.65 bits per heavy atom. The average molecular weight is 386 g/mol. The minimum absolute atomic E-state index is 0.0150. The van der Waals surface area contributed by atoms with Gasteiger partial charge < -0.3 is 14.4 Å². The summed E-state index contributed by atoms with van der Waals surface area (Å²) in [5.74, 6) is 1.21. The minimum atomic E-state index is -0.0226. The Morgan fingerprint density at radius 1 is 1.08 bits per heavy atom. The van der Waals surface area contributed by atoms with Crippen molar-refractivity contribution >= 4 is 28.6 Å². The fraction of sp³-hybridized carbons (Fsp3) is 0.250. The van der Waals surface area contributed by atoms with Crippen molar-refractivity contribution in [1.29, 1.82) is 0 Å². The maximum atomic E-state index is 13.3. The second-order valence-corrected chi connectivity index (χ2v) is 8.02. The largest absolute Gasteiger partial charge is 0.493 e. The first-order chi connectivity index (χ1) is 12.7. The van der Waals surface area contributed by atoms with Gasteiger partial charge in [-0.3, -0.25) is 4.79 Å². The molecule has 0 saturated carbocycles. The summed E-state index contributed by atoms with van der Waals surface area (Å²) in [5, 5.41) is 4.19. The normalized spacial score (nSPS) is 16.2. The summed E-state index contributed by atoms with van der Waals surface area (Å²) in [4.78, 5) is 17.9. The number of nitrogens with zero attached hydrogens (tertiary/aromatic N) is 1. The van der Waals surface area contributed by atoms with Crippen LogP contribution < -0.4 is 9.47 Å². The molecular weight excluding hydrogens is 366 g/mol. The molecule has 1 aromatic carbocycles. The predicted octanol–water partition coefficient (Wildman–Crippen LogP) is 4.61. The number of carbonyl (C=O) groups excluding carboxylic acids is 1. The van der Waals surface area contributed by atoms with Gasteiger partial charge in [-0.2, -0.15) is 0 Å².